The van der Waals surface area contributed by atoms with Gasteiger partial charge in [0.25, 0.3) is 5.91 Å². The average Bonchev–Trinajstić information content (AvgIpc) is 3.52. The maximum absolute atomic E-state index is 14.8. The van der Waals surface area contributed by atoms with Crippen molar-refractivity contribution in [3.05, 3.63) is 62.8 Å². The van der Waals surface area contributed by atoms with Crippen molar-refractivity contribution >= 4 is 28.8 Å². The number of nitrogens with one attached hydrogen (secondary N) is 1. The minimum atomic E-state index is -1.64. The minimum Gasteiger partial charge on any atom is -0.502 e. The van der Waals surface area contributed by atoms with Crippen LogP contribution in [-0.4, -0.2) is 60.1 Å². The number of amides is 2. The summed E-state index contributed by atoms with van der Waals surface area (Å²) in [5, 5.41) is 37.0. The van der Waals surface area contributed by atoms with Gasteiger partial charge in [0.2, 0.25) is 17.1 Å². The maximum atomic E-state index is 14.8. The van der Waals surface area contributed by atoms with Gasteiger partial charge in [0.15, 0.2) is 5.76 Å². The Kier molecular flexibility index (Phi) is 4.80. The molecule has 4 saturated heterocycles. The largest absolute Gasteiger partial charge is 0.502 e. The van der Waals surface area contributed by atoms with E-state index in [1.54, 1.807) is 17.0 Å². The summed E-state index contributed by atoms with van der Waals surface area (Å²) < 4.78 is 13.4. The van der Waals surface area contributed by atoms with Crippen LogP contribution in [0.25, 0.3) is 17.0 Å². The van der Waals surface area contributed by atoms with Gasteiger partial charge in [-0.3, -0.25) is 14.4 Å². The van der Waals surface area contributed by atoms with Crippen molar-refractivity contribution in [1.29, 1.82) is 0 Å². The SMILES string of the molecule is CC1(C)C=Cc2c(ccc3c4c(n(O)c23)C(C)(C)[C@@H]2C[C@]35CCCN3C(=O)[C@]2(NC5=O)[C@H]4c2oc(CO)cc(=O)c2O)O1. The lowest BCUT2D eigenvalue weighted by Gasteiger charge is -2.65. The first-order chi connectivity index (χ1) is 20.3. The van der Waals surface area contributed by atoms with Crippen LogP contribution in [0.1, 0.15) is 81.2 Å². The molecule has 1 aliphatic carbocycles. The monoisotopic (exact) mass is 587 g/mol. The van der Waals surface area contributed by atoms with Crippen molar-refractivity contribution in [2.45, 2.75) is 81.6 Å². The third kappa shape index (κ3) is 2.91. The smallest absolute Gasteiger partial charge is 0.250 e. The number of aromatic nitrogens is 1. The lowest BCUT2D eigenvalue weighted by molar-refractivity contribution is -0.181. The molecule has 2 bridgehead atoms. The van der Waals surface area contributed by atoms with Crippen LogP contribution >= 0.6 is 0 Å². The summed E-state index contributed by atoms with van der Waals surface area (Å²) in [7, 11) is 0. The number of piperazine rings is 1. The number of rotatable bonds is 2. The van der Waals surface area contributed by atoms with E-state index in [9.17, 15) is 29.8 Å². The van der Waals surface area contributed by atoms with Crippen LogP contribution in [0, 0.1) is 5.92 Å². The molecule has 4 fully saturated rings. The van der Waals surface area contributed by atoms with Gasteiger partial charge in [-0.15, -0.1) is 0 Å². The molecule has 1 aromatic carbocycles. The molecular weight excluding hydrogens is 554 g/mol. The van der Waals surface area contributed by atoms with Crippen LogP contribution < -0.4 is 15.5 Å². The first-order valence-corrected chi connectivity index (χ1v) is 14.7. The molecule has 7 heterocycles. The molecule has 11 heteroatoms. The third-order valence-corrected chi connectivity index (χ3v) is 10.7. The topological polar surface area (TPSA) is 154 Å². The highest BCUT2D eigenvalue weighted by molar-refractivity contribution is 6.07. The lowest BCUT2D eigenvalue weighted by Crippen LogP contribution is -2.85. The fourth-order valence-corrected chi connectivity index (χ4v) is 8.96. The van der Waals surface area contributed by atoms with E-state index in [0.717, 1.165) is 10.8 Å². The molecule has 11 nitrogen and oxygen atoms in total. The first-order valence-electron chi connectivity index (χ1n) is 14.7. The maximum Gasteiger partial charge on any atom is 0.250 e. The highest BCUT2D eigenvalue weighted by Gasteiger charge is 2.76. The Morgan fingerprint density at radius 3 is 2.65 bits per heavy atom. The van der Waals surface area contributed by atoms with Gasteiger partial charge in [-0.05, 0) is 63.0 Å². The van der Waals surface area contributed by atoms with E-state index in [1.165, 1.54) is 0 Å². The van der Waals surface area contributed by atoms with Crippen molar-refractivity contribution in [1.82, 2.24) is 14.9 Å². The van der Waals surface area contributed by atoms with Gasteiger partial charge in [-0.2, -0.15) is 4.73 Å². The predicted molar refractivity (Wildman–Crippen MR) is 153 cm³/mol. The molecule has 5 aliphatic heterocycles. The summed E-state index contributed by atoms with van der Waals surface area (Å²) in [5.41, 5.74) is -2.85. The molecule has 0 radical (unpaired) electrons. The van der Waals surface area contributed by atoms with Gasteiger partial charge in [-0.25, -0.2) is 0 Å². The van der Waals surface area contributed by atoms with E-state index >= 15 is 0 Å². The molecule has 4 atom stereocenters. The molecule has 0 unspecified atom stereocenters. The highest BCUT2D eigenvalue weighted by Crippen LogP contribution is 2.65. The number of aromatic hydroxyl groups is 1. The molecule has 3 aromatic rings. The number of fused-ring (bicyclic) bond motifs is 6. The van der Waals surface area contributed by atoms with Crippen LogP contribution in [0.4, 0.5) is 0 Å². The third-order valence-electron chi connectivity index (χ3n) is 10.7. The summed E-state index contributed by atoms with van der Waals surface area (Å²) in [5.74, 6) is -2.80. The second-order valence-corrected chi connectivity index (χ2v) is 13.8. The quantitative estimate of drug-likeness (QED) is 0.334. The number of aliphatic hydroxyl groups is 1. The molecule has 2 spiro atoms. The van der Waals surface area contributed by atoms with E-state index in [-0.39, 0.29) is 23.3 Å². The fraction of sp³-hybridized carbons (Fsp3) is 0.469. The van der Waals surface area contributed by atoms with E-state index < -0.39 is 51.7 Å². The van der Waals surface area contributed by atoms with E-state index in [4.69, 9.17) is 9.15 Å². The predicted octanol–water partition coefficient (Wildman–Crippen LogP) is 2.89. The van der Waals surface area contributed by atoms with Gasteiger partial charge < -0.3 is 34.8 Å². The van der Waals surface area contributed by atoms with Gasteiger partial charge in [-0.1, -0.05) is 13.8 Å². The number of hydrogen-bond acceptors (Lipinski definition) is 8. The molecule has 4 N–H and O–H groups in total. The summed E-state index contributed by atoms with van der Waals surface area (Å²) in [6.07, 6.45) is 5.33. The molecule has 6 aliphatic rings. The highest BCUT2D eigenvalue weighted by atomic mass is 16.5. The van der Waals surface area contributed by atoms with E-state index in [1.807, 2.05) is 39.8 Å². The number of piperidine rings is 2. The zero-order valence-electron chi connectivity index (χ0n) is 24.4. The second-order valence-electron chi connectivity index (χ2n) is 13.8. The fourth-order valence-electron chi connectivity index (χ4n) is 8.96. The van der Waals surface area contributed by atoms with Crippen LogP contribution in [0.2, 0.25) is 0 Å². The van der Waals surface area contributed by atoms with Crippen molar-refractivity contribution in [2.75, 3.05) is 6.54 Å². The standard InChI is InChI=1S/C32H33N3O8/c1-29(2)10-8-16-19(43-29)7-6-17-21-22(25-24(38)18(37)12-15(14-36)42-25)32-20(30(3,4)26(21)35(41)23(16)17)13-31(27(39)33-32)9-5-11-34(31)28(32)40/h6-8,10,12,20,22,36,38,41H,5,9,11,13-14H2,1-4H3,(H,33,39)/t20-,22+,31-,32+/m0/s1. The van der Waals surface area contributed by atoms with Crippen LogP contribution in [-0.2, 0) is 21.6 Å². The average molecular weight is 588 g/mol. The Labute approximate surface area is 246 Å². The molecule has 9 rings (SSSR count). The molecule has 2 amide bonds. The Bertz CT molecular complexity index is 1900. The summed E-state index contributed by atoms with van der Waals surface area (Å²) in [6, 6.07) is 4.59. The Morgan fingerprint density at radius 1 is 1.14 bits per heavy atom. The zero-order chi connectivity index (χ0) is 30.4. The summed E-state index contributed by atoms with van der Waals surface area (Å²) >= 11 is 0. The zero-order valence-corrected chi connectivity index (χ0v) is 24.4. The number of carbonyl (C=O) groups is 2. The van der Waals surface area contributed by atoms with Gasteiger partial charge in [0.05, 0.1) is 17.1 Å². The van der Waals surface area contributed by atoms with Crippen LogP contribution in [0.3, 0.4) is 0 Å². The number of aliphatic hydroxyl groups excluding tert-OH is 1. The Balaban J connectivity index is 1.53. The first kappa shape index (κ1) is 26.4. The van der Waals surface area contributed by atoms with Crippen molar-refractivity contribution in [3.8, 4) is 11.5 Å². The van der Waals surface area contributed by atoms with Crippen molar-refractivity contribution < 1.29 is 34.2 Å². The number of benzene rings is 1. The van der Waals surface area contributed by atoms with Gasteiger partial charge >= 0.3 is 0 Å². The minimum absolute atomic E-state index is 0.0956. The van der Waals surface area contributed by atoms with Crippen molar-refractivity contribution in [2.24, 2.45) is 5.92 Å². The number of ether oxygens (including phenoxy) is 1. The normalized spacial score (nSPS) is 30.9. The Morgan fingerprint density at radius 2 is 1.91 bits per heavy atom. The number of hydrogen-bond donors (Lipinski definition) is 4. The molecular formula is C32H33N3O8. The summed E-state index contributed by atoms with van der Waals surface area (Å²) in [6.45, 7) is 7.57. The molecule has 43 heavy (non-hydrogen) atoms. The molecule has 224 valence electrons. The summed E-state index contributed by atoms with van der Waals surface area (Å²) in [4.78, 5) is 43.5. The van der Waals surface area contributed by atoms with Crippen LogP contribution in [0.5, 0.6) is 11.5 Å². The van der Waals surface area contributed by atoms with E-state index in [2.05, 4.69) is 5.32 Å². The number of nitrogens with zero attached hydrogens (tertiary/aromatic N) is 2. The Hall–Kier alpha value is -4.25. The van der Waals surface area contributed by atoms with Gasteiger partial charge in [0, 0.05) is 34.9 Å². The molecule has 2 aromatic heterocycles. The number of carbonyl (C=O) groups excluding carboxylic acids is 2. The lowest BCUT2D eigenvalue weighted by atomic mass is 9.47. The van der Waals surface area contributed by atoms with Crippen LogP contribution in [0.15, 0.2) is 33.5 Å². The second kappa shape index (κ2) is 7.82. The van der Waals surface area contributed by atoms with E-state index in [0.29, 0.717) is 59.3 Å². The van der Waals surface area contributed by atoms with Gasteiger partial charge in [0.1, 0.15) is 34.8 Å². The van der Waals surface area contributed by atoms with Crippen molar-refractivity contribution in [3.63, 3.8) is 0 Å². The molecule has 0 saturated carbocycles.